The Balaban J connectivity index is 2.43. The van der Waals surface area contributed by atoms with E-state index < -0.39 is 0 Å². The average molecular weight is 248 g/mol. The second-order valence-electron chi connectivity index (χ2n) is 4.77. The number of benzene rings is 1. The zero-order valence-corrected chi connectivity index (χ0v) is 11.7. The largest absolute Gasteiger partial charge is 0.466 e. The van der Waals surface area contributed by atoms with Crippen molar-refractivity contribution < 1.29 is 9.53 Å². The number of esters is 1. The molecule has 1 unspecified atom stereocenters. The zero-order valence-electron chi connectivity index (χ0n) is 11.7. The summed E-state index contributed by atoms with van der Waals surface area (Å²) in [6.07, 6.45) is 3.52. The second-order valence-corrected chi connectivity index (χ2v) is 4.77. The van der Waals surface area contributed by atoms with Gasteiger partial charge in [0.25, 0.3) is 0 Å². The van der Waals surface area contributed by atoms with Crippen LogP contribution >= 0.6 is 0 Å². The molecule has 1 atom stereocenters. The summed E-state index contributed by atoms with van der Waals surface area (Å²) in [5.41, 5.74) is 2.54. The number of carbonyl (C=O) groups is 1. The topological polar surface area (TPSA) is 26.3 Å². The first-order valence-corrected chi connectivity index (χ1v) is 6.91. The molecule has 0 spiro atoms. The van der Waals surface area contributed by atoms with Crippen molar-refractivity contribution >= 4 is 5.97 Å². The third-order valence-corrected chi connectivity index (χ3v) is 3.19. The fourth-order valence-electron chi connectivity index (χ4n) is 1.84. The van der Waals surface area contributed by atoms with E-state index in [-0.39, 0.29) is 11.9 Å². The van der Waals surface area contributed by atoms with Crippen molar-refractivity contribution in [2.45, 2.75) is 52.4 Å². The van der Waals surface area contributed by atoms with E-state index in [9.17, 15) is 4.79 Å². The van der Waals surface area contributed by atoms with E-state index in [0.29, 0.717) is 13.0 Å². The number of hydrogen-bond acceptors (Lipinski definition) is 2. The number of hydrogen-bond donors (Lipinski definition) is 0. The van der Waals surface area contributed by atoms with Crippen molar-refractivity contribution in [1.82, 2.24) is 0 Å². The molecule has 0 amide bonds. The van der Waals surface area contributed by atoms with Crippen molar-refractivity contribution in [2.75, 3.05) is 6.61 Å². The standard InChI is InChI=1S/C16H24O2/c1-4-6-11-18-16(17)12-13(3)15-9-7-14(5-2)8-10-15/h7-10,13H,4-6,11-12H2,1-3H3. The molecule has 0 bridgehead atoms. The molecule has 2 heteroatoms. The van der Waals surface area contributed by atoms with Crippen LogP contribution in [0.15, 0.2) is 24.3 Å². The van der Waals surface area contributed by atoms with Gasteiger partial charge in [0.1, 0.15) is 0 Å². The predicted molar refractivity (Wildman–Crippen MR) is 74.7 cm³/mol. The highest BCUT2D eigenvalue weighted by atomic mass is 16.5. The van der Waals surface area contributed by atoms with Crippen molar-refractivity contribution in [3.8, 4) is 0 Å². The molecule has 0 N–H and O–H groups in total. The van der Waals surface area contributed by atoms with Gasteiger partial charge in [-0.2, -0.15) is 0 Å². The highest BCUT2D eigenvalue weighted by Gasteiger charge is 2.12. The smallest absolute Gasteiger partial charge is 0.306 e. The molecule has 1 aromatic rings. The van der Waals surface area contributed by atoms with E-state index in [0.717, 1.165) is 19.3 Å². The maximum Gasteiger partial charge on any atom is 0.306 e. The summed E-state index contributed by atoms with van der Waals surface area (Å²) in [5.74, 6) is 0.139. The molecule has 0 saturated heterocycles. The summed E-state index contributed by atoms with van der Waals surface area (Å²) in [7, 11) is 0. The van der Waals surface area contributed by atoms with Crippen LogP contribution in [0.2, 0.25) is 0 Å². The number of carbonyl (C=O) groups excluding carboxylic acids is 1. The first-order chi connectivity index (χ1) is 8.67. The van der Waals surface area contributed by atoms with Crippen LogP contribution in [0.4, 0.5) is 0 Å². The van der Waals surface area contributed by atoms with Gasteiger partial charge in [-0.15, -0.1) is 0 Å². The lowest BCUT2D eigenvalue weighted by molar-refractivity contribution is -0.144. The minimum absolute atomic E-state index is 0.0875. The second kappa shape index (κ2) is 7.91. The molecule has 0 fully saturated rings. The molecule has 0 aliphatic rings. The van der Waals surface area contributed by atoms with Gasteiger partial charge in [0, 0.05) is 0 Å². The summed E-state index contributed by atoms with van der Waals surface area (Å²) in [6.45, 7) is 6.86. The van der Waals surface area contributed by atoms with Gasteiger partial charge in [0.2, 0.25) is 0 Å². The van der Waals surface area contributed by atoms with Gasteiger partial charge in [-0.25, -0.2) is 0 Å². The molecule has 0 aliphatic carbocycles. The molecule has 1 aromatic carbocycles. The normalized spacial score (nSPS) is 12.2. The van der Waals surface area contributed by atoms with Crippen LogP contribution in [-0.4, -0.2) is 12.6 Å². The SMILES string of the molecule is CCCCOC(=O)CC(C)c1ccc(CC)cc1. The first-order valence-electron chi connectivity index (χ1n) is 6.91. The van der Waals surface area contributed by atoms with Gasteiger partial charge < -0.3 is 4.74 Å². The first kappa shape index (κ1) is 14.7. The van der Waals surface area contributed by atoms with Crippen LogP contribution in [0.3, 0.4) is 0 Å². The average Bonchev–Trinajstić information content (AvgIpc) is 2.39. The van der Waals surface area contributed by atoms with E-state index in [4.69, 9.17) is 4.74 Å². The van der Waals surface area contributed by atoms with E-state index >= 15 is 0 Å². The Kier molecular flexibility index (Phi) is 6.48. The van der Waals surface area contributed by atoms with Gasteiger partial charge in [0.05, 0.1) is 13.0 Å². The Morgan fingerprint density at radius 2 is 1.89 bits per heavy atom. The number of unbranched alkanes of at least 4 members (excludes halogenated alkanes) is 1. The van der Waals surface area contributed by atoms with Crippen LogP contribution in [-0.2, 0) is 16.0 Å². The lowest BCUT2D eigenvalue weighted by Crippen LogP contribution is -2.09. The van der Waals surface area contributed by atoms with E-state index in [1.807, 2.05) is 0 Å². The van der Waals surface area contributed by atoms with Gasteiger partial charge >= 0.3 is 5.97 Å². The Bertz CT molecular complexity index is 354. The third-order valence-electron chi connectivity index (χ3n) is 3.19. The van der Waals surface area contributed by atoms with Gasteiger partial charge in [-0.05, 0) is 29.9 Å². The third kappa shape index (κ3) is 4.91. The Morgan fingerprint density at radius 1 is 1.22 bits per heavy atom. The summed E-state index contributed by atoms with van der Waals surface area (Å²) < 4.78 is 5.18. The Hall–Kier alpha value is -1.31. The highest BCUT2D eigenvalue weighted by Crippen LogP contribution is 2.20. The minimum atomic E-state index is -0.0875. The number of aryl methyl sites for hydroxylation is 1. The van der Waals surface area contributed by atoms with Crippen LogP contribution in [0.5, 0.6) is 0 Å². The molecule has 18 heavy (non-hydrogen) atoms. The molecular formula is C16H24O2. The molecule has 0 saturated carbocycles. The van der Waals surface area contributed by atoms with Crippen LogP contribution in [0.1, 0.15) is 57.1 Å². The zero-order chi connectivity index (χ0) is 13.4. The summed E-state index contributed by atoms with van der Waals surface area (Å²) in [6, 6.07) is 8.49. The molecular weight excluding hydrogens is 224 g/mol. The Morgan fingerprint density at radius 3 is 2.44 bits per heavy atom. The maximum absolute atomic E-state index is 11.6. The van der Waals surface area contributed by atoms with Crippen molar-refractivity contribution in [1.29, 1.82) is 0 Å². The van der Waals surface area contributed by atoms with Crippen molar-refractivity contribution in [3.63, 3.8) is 0 Å². The van der Waals surface area contributed by atoms with Gasteiger partial charge in [-0.1, -0.05) is 51.5 Å². The maximum atomic E-state index is 11.6. The van der Waals surface area contributed by atoms with Crippen molar-refractivity contribution in [3.05, 3.63) is 35.4 Å². The van der Waals surface area contributed by atoms with E-state index in [1.165, 1.54) is 11.1 Å². The van der Waals surface area contributed by atoms with Crippen LogP contribution < -0.4 is 0 Å². The molecule has 0 aliphatic heterocycles. The summed E-state index contributed by atoms with van der Waals surface area (Å²) >= 11 is 0. The summed E-state index contributed by atoms with van der Waals surface area (Å²) in [5, 5.41) is 0. The van der Waals surface area contributed by atoms with E-state index in [1.54, 1.807) is 0 Å². The lowest BCUT2D eigenvalue weighted by Gasteiger charge is -2.12. The predicted octanol–water partition coefficient (Wildman–Crippen LogP) is 4.09. The van der Waals surface area contributed by atoms with Crippen LogP contribution in [0.25, 0.3) is 0 Å². The quantitative estimate of drug-likeness (QED) is 0.536. The highest BCUT2D eigenvalue weighted by molar-refractivity contribution is 5.70. The van der Waals surface area contributed by atoms with Gasteiger partial charge in [0.15, 0.2) is 0 Å². The van der Waals surface area contributed by atoms with Crippen molar-refractivity contribution in [2.24, 2.45) is 0 Å². The van der Waals surface area contributed by atoms with Crippen LogP contribution in [0, 0.1) is 0 Å². The Labute approximate surface area is 110 Å². The summed E-state index contributed by atoms with van der Waals surface area (Å²) in [4.78, 5) is 11.6. The molecule has 2 nitrogen and oxygen atoms in total. The van der Waals surface area contributed by atoms with E-state index in [2.05, 4.69) is 45.0 Å². The fraction of sp³-hybridized carbons (Fsp3) is 0.562. The molecule has 0 radical (unpaired) electrons. The monoisotopic (exact) mass is 248 g/mol. The number of rotatable bonds is 7. The molecule has 0 aromatic heterocycles. The lowest BCUT2D eigenvalue weighted by atomic mass is 9.96. The fourth-order valence-corrected chi connectivity index (χ4v) is 1.84. The number of ether oxygens (including phenoxy) is 1. The van der Waals surface area contributed by atoms with Gasteiger partial charge in [-0.3, -0.25) is 4.79 Å². The minimum Gasteiger partial charge on any atom is -0.466 e. The molecule has 100 valence electrons. The molecule has 1 rings (SSSR count). The molecule has 0 heterocycles.